The summed E-state index contributed by atoms with van der Waals surface area (Å²) >= 11 is 0. The molecular weight excluding hydrogens is 386 g/mol. The fraction of sp³-hybridized carbons (Fsp3) is 0.826. The minimum Gasteiger partial charge on any atom is -0.443 e. The van der Waals surface area contributed by atoms with E-state index in [0.717, 1.165) is 12.8 Å². The molecule has 30 heavy (non-hydrogen) atoms. The molecule has 2 unspecified atom stereocenters. The first-order valence-electron chi connectivity index (χ1n) is 11.0. The fourth-order valence-corrected chi connectivity index (χ4v) is 5.11. The molecular formula is C23H37NO6. The summed E-state index contributed by atoms with van der Waals surface area (Å²) in [5.74, 6) is -0.117. The molecule has 1 aliphatic carbocycles. The van der Waals surface area contributed by atoms with E-state index >= 15 is 0 Å². The predicted molar refractivity (Wildman–Crippen MR) is 112 cm³/mol. The Morgan fingerprint density at radius 3 is 2.43 bits per heavy atom. The Kier molecular flexibility index (Phi) is 6.65. The number of hydrogen-bond donors (Lipinski definition) is 1. The third-order valence-corrected chi connectivity index (χ3v) is 6.87. The van der Waals surface area contributed by atoms with Crippen molar-refractivity contribution in [1.82, 2.24) is 5.32 Å². The Morgan fingerprint density at radius 1 is 1.27 bits per heavy atom. The van der Waals surface area contributed by atoms with Crippen LogP contribution in [0.3, 0.4) is 0 Å². The summed E-state index contributed by atoms with van der Waals surface area (Å²) in [5, 5.41) is 2.72. The lowest BCUT2D eigenvalue weighted by atomic mass is 9.68. The molecule has 1 saturated carbocycles. The van der Waals surface area contributed by atoms with Gasteiger partial charge in [-0.25, -0.2) is 4.79 Å². The molecule has 0 aromatic carbocycles. The predicted octanol–water partition coefficient (Wildman–Crippen LogP) is 3.40. The Balaban J connectivity index is 1.71. The Bertz CT molecular complexity index is 696. The van der Waals surface area contributed by atoms with Gasteiger partial charge in [-0.1, -0.05) is 25.5 Å². The molecule has 2 heterocycles. The van der Waals surface area contributed by atoms with Crippen LogP contribution < -0.4 is 5.32 Å². The van der Waals surface area contributed by atoms with Crippen molar-refractivity contribution < 1.29 is 28.5 Å². The molecule has 1 spiro atoms. The van der Waals surface area contributed by atoms with Gasteiger partial charge in [-0.15, -0.1) is 0 Å². The molecule has 0 aromatic rings. The molecule has 0 aromatic heterocycles. The second kappa shape index (κ2) is 8.60. The highest BCUT2D eigenvalue weighted by molar-refractivity contribution is 5.85. The van der Waals surface area contributed by atoms with Crippen molar-refractivity contribution in [2.75, 3.05) is 13.7 Å². The zero-order valence-corrected chi connectivity index (χ0v) is 19.3. The van der Waals surface area contributed by atoms with Crippen molar-refractivity contribution in [2.45, 2.75) is 96.4 Å². The standard InChI is InChI=1S/C23H37NO6/c1-13(2)8-9-17-22(6,30-17)20-19(27-7)16(10-11-23(20)12-28-23)29-21(26)24-18(14(3)4)15(5)25/h8,14,16-20H,9-12H2,1-7H3,(H,24,26)/t16-,17-,18?,19-,20-,22+,23?/m1/s1. The largest absolute Gasteiger partial charge is 0.443 e. The van der Waals surface area contributed by atoms with Crippen LogP contribution in [0.15, 0.2) is 11.6 Å². The summed E-state index contributed by atoms with van der Waals surface area (Å²) in [4.78, 5) is 24.4. The van der Waals surface area contributed by atoms with Crippen LogP contribution >= 0.6 is 0 Å². The average Bonchev–Trinajstić information content (AvgIpc) is 3.56. The van der Waals surface area contributed by atoms with E-state index in [1.807, 2.05) is 13.8 Å². The van der Waals surface area contributed by atoms with Crippen molar-refractivity contribution in [3.8, 4) is 0 Å². The maximum Gasteiger partial charge on any atom is 0.408 e. The summed E-state index contributed by atoms with van der Waals surface area (Å²) in [7, 11) is 1.65. The van der Waals surface area contributed by atoms with E-state index in [1.165, 1.54) is 12.5 Å². The molecule has 7 atom stereocenters. The Morgan fingerprint density at radius 2 is 1.93 bits per heavy atom. The topological polar surface area (TPSA) is 89.7 Å². The highest BCUT2D eigenvalue weighted by Gasteiger charge is 2.72. The Hall–Kier alpha value is -1.44. The monoisotopic (exact) mass is 423 g/mol. The van der Waals surface area contributed by atoms with Gasteiger partial charge in [0.15, 0.2) is 5.78 Å². The number of allylic oxidation sites excluding steroid dienone is 1. The van der Waals surface area contributed by atoms with Gasteiger partial charge in [0.2, 0.25) is 0 Å². The van der Waals surface area contributed by atoms with Gasteiger partial charge in [0.05, 0.1) is 24.7 Å². The molecule has 1 amide bonds. The van der Waals surface area contributed by atoms with Gasteiger partial charge in [0, 0.05) is 7.11 Å². The molecule has 170 valence electrons. The highest BCUT2D eigenvalue weighted by atomic mass is 16.6. The summed E-state index contributed by atoms with van der Waals surface area (Å²) < 4.78 is 23.8. The van der Waals surface area contributed by atoms with Crippen molar-refractivity contribution in [3.05, 3.63) is 11.6 Å². The van der Waals surface area contributed by atoms with Crippen molar-refractivity contribution in [2.24, 2.45) is 11.8 Å². The van der Waals surface area contributed by atoms with Crippen LogP contribution in [0.5, 0.6) is 0 Å². The van der Waals surface area contributed by atoms with E-state index in [-0.39, 0.29) is 41.0 Å². The van der Waals surface area contributed by atoms with E-state index < -0.39 is 18.2 Å². The number of amides is 1. The molecule has 0 bridgehead atoms. The third kappa shape index (κ3) is 4.58. The number of ether oxygens (including phenoxy) is 4. The lowest BCUT2D eigenvalue weighted by Gasteiger charge is -2.42. The first kappa shape index (κ1) is 23.2. The molecule has 3 rings (SSSR count). The summed E-state index contributed by atoms with van der Waals surface area (Å²) in [6.07, 6.45) is 3.27. The maximum atomic E-state index is 12.6. The number of Topliss-reactive ketones (excluding diaryl/α,β-unsaturated/α-hetero) is 1. The number of epoxide rings is 2. The van der Waals surface area contributed by atoms with Gasteiger partial charge >= 0.3 is 6.09 Å². The lowest BCUT2D eigenvalue weighted by Crippen LogP contribution is -2.56. The normalized spacial score (nSPS) is 38.1. The number of ketones is 1. The number of carbonyl (C=O) groups excluding carboxylic acids is 2. The molecule has 7 heteroatoms. The van der Waals surface area contributed by atoms with Crippen LogP contribution in [-0.2, 0) is 23.7 Å². The zero-order valence-electron chi connectivity index (χ0n) is 19.3. The van der Waals surface area contributed by atoms with E-state index in [0.29, 0.717) is 13.0 Å². The number of rotatable bonds is 8. The summed E-state index contributed by atoms with van der Waals surface area (Å²) in [6.45, 7) is 12.2. The van der Waals surface area contributed by atoms with Crippen LogP contribution in [0, 0.1) is 11.8 Å². The van der Waals surface area contributed by atoms with Crippen molar-refractivity contribution in [3.63, 3.8) is 0 Å². The van der Waals surface area contributed by atoms with Gasteiger partial charge in [0.1, 0.15) is 23.4 Å². The van der Waals surface area contributed by atoms with Crippen LogP contribution in [0.1, 0.15) is 60.8 Å². The van der Waals surface area contributed by atoms with E-state index in [4.69, 9.17) is 18.9 Å². The van der Waals surface area contributed by atoms with Crippen LogP contribution in [-0.4, -0.2) is 61.1 Å². The second-order valence-corrected chi connectivity index (χ2v) is 9.80. The first-order chi connectivity index (χ1) is 14.0. The first-order valence-corrected chi connectivity index (χ1v) is 11.0. The molecule has 2 aliphatic heterocycles. The molecule has 1 N–H and O–H groups in total. The summed E-state index contributed by atoms with van der Waals surface area (Å²) in [5.41, 5.74) is 0.632. The third-order valence-electron chi connectivity index (χ3n) is 6.87. The maximum absolute atomic E-state index is 12.6. The zero-order chi connectivity index (χ0) is 22.3. The number of carbonyl (C=O) groups is 2. The van der Waals surface area contributed by atoms with Gasteiger partial charge in [-0.2, -0.15) is 0 Å². The molecule has 2 saturated heterocycles. The number of methoxy groups -OCH3 is 1. The molecule has 3 fully saturated rings. The lowest BCUT2D eigenvalue weighted by molar-refractivity contribution is -0.122. The quantitative estimate of drug-likeness (QED) is 0.475. The molecule has 0 radical (unpaired) electrons. The number of alkyl carbamates (subject to hydrolysis) is 1. The van der Waals surface area contributed by atoms with Crippen molar-refractivity contribution >= 4 is 11.9 Å². The number of hydrogen-bond acceptors (Lipinski definition) is 6. The van der Waals surface area contributed by atoms with Gasteiger partial charge < -0.3 is 24.3 Å². The van der Waals surface area contributed by atoms with Crippen LogP contribution in [0.2, 0.25) is 0 Å². The molecule has 7 nitrogen and oxygen atoms in total. The fourth-order valence-electron chi connectivity index (χ4n) is 5.11. The second-order valence-electron chi connectivity index (χ2n) is 9.80. The summed E-state index contributed by atoms with van der Waals surface area (Å²) in [6, 6.07) is -0.561. The van der Waals surface area contributed by atoms with E-state index in [1.54, 1.807) is 7.11 Å². The van der Waals surface area contributed by atoms with Crippen LogP contribution in [0.25, 0.3) is 0 Å². The minimum atomic E-state index is -0.578. The average molecular weight is 424 g/mol. The minimum absolute atomic E-state index is 0.00915. The van der Waals surface area contributed by atoms with E-state index in [2.05, 4.69) is 32.2 Å². The molecule has 3 aliphatic rings. The smallest absolute Gasteiger partial charge is 0.408 e. The van der Waals surface area contributed by atoms with Gasteiger partial charge in [-0.3, -0.25) is 4.79 Å². The highest BCUT2D eigenvalue weighted by Crippen LogP contribution is 2.59. The van der Waals surface area contributed by atoms with Crippen molar-refractivity contribution in [1.29, 1.82) is 0 Å². The van der Waals surface area contributed by atoms with Gasteiger partial charge in [0.25, 0.3) is 0 Å². The van der Waals surface area contributed by atoms with Crippen LogP contribution in [0.4, 0.5) is 4.79 Å². The Labute approximate surface area is 179 Å². The number of nitrogens with one attached hydrogen (secondary N) is 1. The van der Waals surface area contributed by atoms with E-state index in [9.17, 15) is 9.59 Å². The SMILES string of the molecule is CO[C@@H]1[C@H](OC(=O)NC(C(C)=O)C(C)C)CCC2(CO2)[C@H]1[C@@]1(C)O[C@@H]1CC=C(C)C. The van der Waals surface area contributed by atoms with Gasteiger partial charge in [-0.05, 0) is 52.9 Å².